The standard InChI is InChI=1S/C35H51FN6O5/c1-9-24(41-34(45)47-35(6,7)8)21-42(11-3)29-27(36)20-26(23(5)31(29)46-28-17-13-12-16-22(28)4)30(43)25(10-2)32(44)39-18-14-15-19-40-33(37)38/h10,12-13,16-17,20,24H,9,11,14-15,18-19,21H2,1-8H3,(H,39,44)(H,41,45)(H4,37,38,40)/b25-10+. The van der Waals surface area contributed by atoms with Gasteiger partial charge in [0.05, 0.1) is 5.57 Å². The molecule has 0 saturated carbocycles. The first kappa shape index (κ1) is 38.6. The molecule has 258 valence electrons. The Bertz CT molecular complexity index is 1460. The second kappa shape index (κ2) is 17.9. The SMILES string of the molecule is C/C=C(/C(=O)NCCCCN=C(N)N)C(=O)c1cc(F)c(N(CC)CC(CC)NC(=O)OC(C)(C)C)c(Oc2ccccc2C)c1C. The molecule has 0 saturated heterocycles. The maximum absolute atomic E-state index is 16.3. The van der Waals surface area contributed by atoms with E-state index < -0.39 is 29.2 Å². The largest absolute Gasteiger partial charge is 0.454 e. The van der Waals surface area contributed by atoms with Crippen LogP contribution in [0.5, 0.6) is 11.5 Å². The molecule has 0 fully saturated rings. The first-order chi connectivity index (χ1) is 22.1. The second-order valence-corrected chi connectivity index (χ2v) is 12.2. The molecular formula is C35H51FN6O5. The summed E-state index contributed by atoms with van der Waals surface area (Å²) in [5.74, 6) is -1.28. The number of carbonyl (C=O) groups is 3. The lowest BCUT2D eigenvalue weighted by Gasteiger charge is -2.31. The maximum atomic E-state index is 16.3. The Morgan fingerprint density at radius 2 is 1.79 bits per heavy atom. The first-order valence-electron chi connectivity index (χ1n) is 16.0. The van der Waals surface area contributed by atoms with Gasteiger partial charge in [-0.15, -0.1) is 0 Å². The smallest absolute Gasteiger partial charge is 0.407 e. The summed E-state index contributed by atoms with van der Waals surface area (Å²) >= 11 is 0. The number of hydrogen-bond acceptors (Lipinski definition) is 7. The number of aryl methyl sites for hydroxylation is 1. The molecule has 2 rings (SSSR count). The van der Waals surface area contributed by atoms with Crippen LogP contribution in [0.25, 0.3) is 0 Å². The number of halogens is 1. The number of allylic oxidation sites excluding steroid dienone is 1. The van der Waals surface area contributed by atoms with E-state index in [-0.39, 0.29) is 41.1 Å². The van der Waals surface area contributed by atoms with E-state index >= 15 is 4.39 Å². The van der Waals surface area contributed by atoms with Crippen molar-refractivity contribution in [3.05, 3.63) is 64.5 Å². The number of para-hydroxylation sites is 1. The van der Waals surface area contributed by atoms with Crippen molar-refractivity contribution in [1.82, 2.24) is 10.6 Å². The molecule has 6 N–H and O–H groups in total. The Labute approximate surface area is 278 Å². The highest BCUT2D eigenvalue weighted by atomic mass is 19.1. The van der Waals surface area contributed by atoms with Crippen LogP contribution >= 0.6 is 0 Å². The maximum Gasteiger partial charge on any atom is 0.407 e. The number of carbonyl (C=O) groups excluding carboxylic acids is 3. The zero-order valence-electron chi connectivity index (χ0n) is 29.0. The summed E-state index contributed by atoms with van der Waals surface area (Å²) in [6.07, 6.45) is 2.63. The summed E-state index contributed by atoms with van der Waals surface area (Å²) in [4.78, 5) is 45.1. The van der Waals surface area contributed by atoms with Gasteiger partial charge in [0.15, 0.2) is 23.3 Å². The quantitative estimate of drug-likeness (QED) is 0.0343. The number of ether oxygens (including phenoxy) is 2. The Morgan fingerprint density at radius 1 is 1.11 bits per heavy atom. The minimum absolute atomic E-state index is 0.0000609. The predicted octanol–water partition coefficient (Wildman–Crippen LogP) is 5.66. The van der Waals surface area contributed by atoms with Gasteiger partial charge in [-0.1, -0.05) is 31.2 Å². The van der Waals surface area contributed by atoms with Crippen LogP contribution in [0.2, 0.25) is 0 Å². The average molecular weight is 655 g/mol. The van der Waals surface area contributed by atoms with Crippen molar-refractivity contribution >= 4 is 29.4 Å². The van der Waals surface area contributed by atoms with Gasteiger partial charge < -0.3 is 36.5 Å². The summed E-state index contributed by atoms with van der Waals surface area (Å²) in [6.45, 7) is 15.6. The number of aliphatic imine (C=N–C) groups is 1. The third kappa shape index (κ3) is 11.6. The molecule has 0 bridgehead atoms. The molecular weight excluding hydrogens is 603 g/mol. The minimum Gasteiger partial charge on any atom is -0.454 e. The van der Waals surface area contributed by atoms with Gasteiger partial charge in [0, 0.05) is 43.3 Å². The summed E-state index contributed by atoms with van der Waals surface area (Å²) in [5.41, 5.74) is 11.2. The van der Waals surface area contributed by atoms with Gasteiger partial charge in [-0.3, -0.25) is 14.6 Å². The van der Waals surface area contributed by atoms with E-state index in [0.717, 1.165) is 11.6 Å². The molecule has 2 aromatic rings. The number of nitrogens with zero attached hydrogens (tertiary/aromatic N) is 2. The van der Waals surface area contributed by atoms with E-state index in [2.05, 4.69) is 15.6 Å². The second-order valence-electron chi connectivity index (χ2n) is 12.2. The molecule has 0 heterocycles. The van der Waals surface area contributed by atoms with Crippen molar-refractivity contribution < 1.29 is 28.2 Å². The highest BCUT2D eigenvalue weighted by Gasteiger charge is 2.29. The molecule has 0 aliphatic rings. The van der Waals surface area contributed by atoms with Crippen LogP contribution in [-0.2, 0) is 9.53 Å². The lowest BCUT2D eigenvalue weighted by molar-refractivity contribution is -0.117. The molecule has 2 amide bonds. The number of nitrogens with one attached hydrogen (secondary N) is 2. The number of rotatable bonds is 16. The van der Waals surface area contributed by atoms with E-state index in [1.165, 1.54) is 6.08 Å². The number of benzene rings is 2. The Hall–Kier alpha value is -4.61. The fourth-order valence-corrected chi connectivity index (χ4v) is 4.80. The van der Waals surface area contributed by atoms with Gasteiger partial charge in [0.1, 0.15) is 17.0 Å². The Balaban J connectivity index is 2.50. The van der Waals surface area contributed by atoms with Crippen molar-refractivity contribution in [3.63, 3.8) is 0 Å². The number of unbranched alkanes of at least 4 members (excludes halogenated alkanes) is 1. The number of amides is 2. The third-order valence-electron chi connectivity index (χ3n) is 7.30. The van der Waals surface area contributed by atoms with Crippen LogP contribution in [-0.4, -0.2) is 61.6 Å². The van der Waals surface area contributed by atoms with E-state index in [4.69, 9.17) is 20.9 Å². The normalized spacial score (nSPS) is 12.1. The van der Waals surface area contributed by atoms with Crippen LogP contribution in [0, 0.1) is 19.7 Å². The first-order valence-corrected chi connectivity index (χ1v) is 16.0. The number of anilines is 1. The number of guanidine groups is 1. The van der Waals surface area contributed by atoms with E-state index in [0.29, 0.717) is 50.2 Å². The number of hydrogen-bond donors (Lipinski definition) is 4. The predicted molar refractivity (Wildman–Crippen MR) is 185 cm³/mol. The number of Topliss-reactive ketones (excluding diaryl/α,β-unsaturated/α-hetero) is 1. The summed E-state index contributed by atoms with van der Waals surface area (Å²) < 4.78 is 28.2. The number of alkyl carbamates (subject to hydrolysis) is 1. The molecule has 0 radical (unpaired) electrons. The highest BCUT2D eigenvalue weighted by molar-refractivity contribution is 6.26. The molecule has 2 aromatic carbocycles. The van der Waals surface area contributed by atoms with Gasteiger partial charge in [0.25, 0.3) is 5.91 Å². The van der Waals surface area contributed by atoms with Gasteiger partial charge in [-0.25, -0.2) is 9.18 Å². The van der Waals surface area contributed by atoms with Crippen molar-refractivity contribution in [2.45, 2.75) is 86.3 Å². The van der Waals surface area contributed by atoms with Gasteiger partial charge >= 0.3 is 6.09 Å². The van der Waals surface area contributed by atoms with E-state index in [1.807, 2.05) is 32.9 Å². The van der Waals surface area contributed by atoms with Crippen molar-refractivity contribution in [3.8, 4) is 11.5 Å². The molecule has 1 atom stereocenters. The van der Waals surface area contributed by atoms with Crippen molar-refractivity contribution in [2.75, 3.05) is 31.1 Å². The van der Waals surface area contributed by atoms with Crippen LogP contribution in [0.15, 0.2) is 47.0 Å². The zero-order chi connectivity index (χ0) is 35.3. The fourth-order valence-electron chi connectivity index (χ4n) is 4.80. The number of ketones is 1. The highest BCUT2D eigenvalue weighted by Crippen LogP contribution is 2.41. The van der Waals surface area contributed by atoms with E-state index in [9.17, 15) is 14.4 Å². The minimum atomic E-state index is -0.702. The lowest BCUT2D eigenvalue weighted by atomic mass is 9.96. The molecule has 47 heavy (non-hydrogen) atoms. The summed E-state index contributed by atoms with van der Waals surface area (Å²) in [7, 11) is 0. The molecule has 12 heteroatoms. The molecule has 0 spiro atoms. The lowest BCUT2D eigenvalue weighted by Crippen LogP contribution is -2.45. The number of nitrogens with two attached hydrogens (primary N) is 2. The number of likely N-dealkylation sites (N-methyl/N-ethyl adjacent to an activating group) is 1. The van der Waals surface area contributed by atoms with Crippen molar-refractivity contribution in [2.24, 2.45) is 16.5 Å². The van der Waals surface area contributed by atoms with Gasteiger partial charge in [0.2, 0.25) is 0 Å². The third-order valence-corrected chi connectivity index (χ3v) is 7.30. The Morgan fingerprint density at radius 3 is 2.36 bits per heavy atom. The van der Waals surface area contributed by atoms with Crippen LogP contribution in [0.3, 0.4) is 0 Å². The van der Waals surface area contributed by atoms with E-state index in [1.54, 1.807) is 51.7 Å². The van der Waals surface area contributed by atoms with Gasteiger partial charge in [-0.05, 0) is 85.4 Å². The monoisotopic (exact) mass is 654 g/mol. The van der Waals surface area contributed by atoms with Crippen molar-refractivity contribution in [1.29, 1.82) is 0 Å². The summed E-state index contributed by atoms with van der Waals surface area (Å²) in [5, 5.41) is 5.63. The molecule has 0 aliphatic carbocycles. The summed E-state index contributed by atoms with van der Waals surface area (Å²) in [6, 6.07) is 8.06. The van der Waals surface area contributed by atoms with Crippen LogP contribution in [0.4, 0.5) is 14.9 Å². The molecule has 0 aliphatic heterocycles. The molecule has 11 nitrogen and oxygen atoms in total. The van der Waals surface area contributed by atoms with Crippen LogP contribution < -0.4 is 31.7 Å². The molecule has 0 aromatic heterocycles. The fraction of sp³-hybridized carbons (Fsp3) is 0.486. The van der Waals surface area contributed by atoms with Gasteiger partial charge in [-0.2, -0.15) is 0 Å². The van der Waals surface area contributed by atoms with Crippen LogP contribution in [0.1, 0.15) is 82.3 Å². The topological polar surface area (TPSA) is 161 Å². The molecule has 1 unspecified atom stereocenters. The average Bonchev–Trinajstić information content (AvgIpc) is 2.99. The Kier molecular flexibility index (Phi) is 14.7. The zero-order valence-corrected chi connectivity index (χ0v) is 29.0.